The van der Waals surface area contributed by atoms with Crippen LogP contribution in [0.3, 0.4) is 0 Å². The van der Waals surface area contributed by atoms with E-state index in [0.29, 0.717) is 19.3 Å². The summed E-state index contributed by atoms with van der Waals surface area (Å²) in [4.78, 5) is 37.8. The summed E-state index contributed by atoms with van der Waals surface area (Å²) in [7, 11) is 0. The van der Waals surface area contributed by atoms with Crippen LogP contribution in [0, 0.1) is 0 Å². The topological polar surface area (TPSA) is 78.9 Å². The molecular weight excluding hydrogens is 733 g/mol. The highest BCUT2D eigenvalue weighted by Crippen LogP contribution is 2.17. The maximum absolute atomic E-state index is 12.7. The SMILES string of the molecule is CCC/C=C\CCCCCCCC(=O)OCC(COC(=O)CCCCCCCCCCCCCCCCCCCCCC)OC(=O)CCCCCCCCCCCCC. The van der Waals surface area contributed by atoms with Crippen LogP contribution in [0.25, 0.3) is 0 Å². The highest BCUT2D eigenvalue weighted by molar-refractivity contribution is 5.71. The lowest BCUT2D eigenvalue weighted by Gasteiger charge is -2.18. The van der Waals surface area contributed by atoms with Crippen molar-refractivity contribution in [2.45, 2.75) is 297 Å². The third-order valence-electron chi connectivity index (χ3n) is 11.8. The van der Waals surface area contributed by atoms with Crippen molar-refractivity contribution in [2.24, 2.45) is 0 Å². The van der Waals surface area contributed by atoms with E-state index in [4.69, 9.17) is 14.2 Å². The number of hydrogen-bond donors (Lipinski definition) is 0. The van der Waals surface area contributed by atoms with Crippen LogP contribution in [0.15, 0.2) is 12.2 Å². The highest BCUT2D eigenvalue weighted by atomic mass is 16.6. The Morgan fingerprint density at radius 2 is 0.593 bits per heavy atom. The van der Waals surface area contributed by atoms with Crippen molar-refractivity contribution in [3.8, 4) is 0 Å². The largest absolute Gasteiger partial charge is 0.462 e. The summed E-state index contributed by atoms with van der Waals surface area (Å²) in [5.74, 6) is -0.864. The highest BCUT2D eigenvalue weighted by Gasteiger charge is 2.19. The zero-order valence-corrected chi connectivity index (χ0v) is 39.8. The molecule has 0 aromatic carbocycles. The van der Waals surface area contributed by atoms with E-state index < -0.39 is 6.10 Å². The summed E-state index contributed by atoms with van der Waals surface area (Å²) in [6.07, 6.45) is 53.5. The van der Waals surface area contributed by atoms with E-state index >= 15 is 0 Å². The third kappa shape index (κ3) is 47.1. The molecule has 0 spiro atoms. The lowest BCUT2D eigenvalue weighted by Crippen LogP contribution is -2.30. The molecule has 6 nitrogen and oxygen atoms in total. The standard InChI is InChI=1S/C53H100O6/c1-4-7-10-13-16-19-22-23-24-25-26-27-28-29-30-32-34-37-40-43-46-52(55)58-49-50(48-57-51(54)45-42-39-36-33-21-18-15-12-9-6-3)59-53(56)47-44-41-38-35-31-20-17-14-11-8-5-2/h12,15,50H,4-11,13-14,16-49H2,1-3H3/b15-12-. The average molecular weight is 833 g/mol. The minimum atomic E-state index is -0.765. The van der Waals surface area contributed by atoms with E-state index in [-0.39, 0.29) is 31.1 Å². The average Bonchev–Trinajstić information content (AvgIpc) is 3.23. The predicted octanol–water partition coefficient (Wildman–Crippen LogP) is 17.0. The summed E-state index contributed by atoms with van der Waals surface area (Å²) >= 11 is 0. The Balaban J connectivity index is 4.20. The van der Waals surface area contributed by atoms with Crippen LogP contribution in [-0.4, -0.2) is 37.2 Å². The van der Waals surface area contributed by atoms with Gasteiger partial charge in [-0.25, -0.2) is 0 Å². The van der Waals surface area contributed by atoms with Gasteiger partial charge in [0, 0.05) is 19.3 Å². The number of carbonyl (C=O) groups is 3. The van der Waals surface area contributed by atoms with Gasteiger partial charge in [-0.15, -0.1) is 0 Å². The summed E-state index contributed by atoms with van der Waals surface area (Å²) in [6, 6.07) is 0. The first-order valence-electron chi connectivity index (χ1n) is 26.2. The zero-order chi connectivity index (χ0) is 43.0. The fourth-order valence-electron chi connectivity index (χ4n) is 7.80. The quantitative estimate of drug-likeness (QED) is 0.0263. The normalized spacial score (nSPS) is 12.0. The summed E-state index contributed by atoms with van der Waals surface area (Å²) < 4.78 is 16.8. The van der Waals surface area contributed by atoms with Crippen LogP contribution in [0.1, 0.15) is 290 Å². The van der Waals surface area contributed by atoms with Gasteiger partial charge in [-0.05, 0) is 38.5 Å². The van der Waals surface area contributed by atoms with E-state index in [0.717, 1.165) is 70.6 Å². The molecule has 0 heterocycles. The van der Waals surface area contributed by atoms with Crippen molar-refractivity contribution in [3.63, 3.8) is 0 Å². The lowest BCUT2D eigenvalue weighted by atomic mass is 10.0. The van der Waals surface area contributed by atoms with Crippen molar-refractivity contribution in [2.75, 3.05) is 13.2 Å². The van der Waals surface area contributed by atoms with E-state index in [1.165, 1.54) is 180 Å². The Bertz CT molecular complexity index is 916. The molecule has 348 valence electrons. The molecule has 0 saturated heterocycles. The Hall–Kier alpha value is -1.85. The van der Waals surface area contributed by atoms with Crippen LogP contribution >= 0.6 is 0 Å². The smallest absolute Gasteiger partial charge is 0.306 e. The maximum Gasteiger partial charge on any atom is 0.306 e. The molecule has 1 unspecified atom stereocenters. The van der Waals surface area contributed by atoms with Crippen LogP contribution in [0.4, 0.5) is 0 Å². The number of ether oxygens (including phenoxy) is 3. The van der Waals surface area contributed by atoms with Gasteiger partial charge in [-0.3, -0.25) is 14.4 Å². The summed E-state index contributed by atoms with van der Waals surface area (Å²) in [5, 5.41) is 0. The molecule has 0 N–H and O–H groups in total. The molecule has 1 atom stereocenters. The second-order valence-corrected chi connectivity index (χ2v) is 17.8. The summed E-state index contributed by atoms with van der Waals surface area (Å²) in [6.45, 7) is 6.60. The molecule has 0 aliphatic rings. The van der Waals surface area contributed by atoms with Crippen molar-refractivity contribution in [3.05, 3.63) is 12.2 Å². The molecule has 0 aliphatic heterocycles. The number of carbonyl (C=O) groups excluding carboxylic acids is 3. The summed E-state index contributed by atoms with van der Waals surface area (Å²) in [5.41, 5.74) is 0. The van der Waals surface area contributed by atoms with Crippen molar-refractivity contribution >= 4 is 17.9 Å². The van der Waals surface area contributed by atoms with E-state index in [9.17, 15) is 14.4 Å². The number of hydrogen-bond acceptors (Lipinski definition) is 6. The molecule has 0 bridgehead atoms. The maximum atomic E-state index is 12.7. The van der Waals surface area contributed by atoms with Crippen LogP contribution in [0.5, 0.6) is 0 Å². The van der Waals surface area contributed by atoms with Gasteiger partial charge in [-0.2, -0.15) is 0 Å². The van der Waals surface area contributed by atoms with Gasteiger partial charge in [0.05, 0.1) is 0 Å². The minimum absolute atomic E-state index is 0.0675. The molecule has 0 radical (unpaired) electrons. The molecule has 0 aromatic heterocycles. The first-order chi connectivity index (χ1) is 29.0. The van der Waals surface area contributed by atoms with Gasteiger partial charge >= 0.3 is 17.9 Å². The van der Waals surface area contributed by atoms with Crippen LogP contribution in [-0.2, 0) is 28.6 Å². The second kappa shape index (κ2) is 48.8. The number of rotatable bonds is 48. The number of esters is 3. The van der Waals surface area contributed by atoms with Gasteiger partial charge in [0.15, 0.2) is 6.10 Å². The van der Waals surface area contributed by atoms with Gasteiger partial charge < -0.3 is 14.2 Å². The molecule has 0 aliphatic carbocycles. The van der Waals surface area contributed by atoms with Crippen LogP contribution < -0.4 is 0 Å². The van der Waals surface area contributed by atoms with Crippen molar-refractivity contribution in [1.29, 1.82) is 0 Å². The monoisotopic (exact) mass is 833 g/mol. The Kier molecular flexibility index (Phi) is 47.3. The molecule has 59 heavy (non-hydrogen) atoms. The van der Waals surface area contributed by atoms with E-state index in [1.54, 1.807) is 0 Å². The molecule has 0 aromatic rings. The van der Waals surface area contributed by atoms with Gasteiger partial charge in [0.1, 0.15) is 13.2 Å². The predicted molar refractivity (Wildman–Crippen MR) is 252 cm³/mol. The number of allylic oxidation sites excluding steroid dienone is 2. The van der Waals surface area contributed by atoms with Gasteiger partial charge in [-0.1, -0.05) is 245 Å². The molecule has 0 rings (SSSR count). The molecule has 0 amide bonds. The Morgan fingerprint density at radius 1 is 0.322 bits per heavy atom. The fraction of sp³-hybridized carbons (Fsp3) is 0.906. The molecular formula is C53H100O6. The van der Waals surface area contributed by atoms with E-state index in [2.05, 4.69) is 32.9 Å². The first kappa shape index (κ1) is 57.1. The zero-order valence-electron chi connectivity index (χ0n) is 39.8. The molecule has 6 heteroatoms. The molecule has 0 saturated carbocycles. The Labute approximate surface area is 367 Å². The molecule has 0 fully saturated rings. The van der Waals surface area contributed by atoms with Crippen molar-refractivity contribution in [1.82, 2.24) is 0 Å². The lowest BCUT2D eigenvalue weighted by molar-refractivity contribution is -0.167. The van der Waals surface area contributed by atoms with Crippen molar-refractivity contribution < 1.29 is 28.6 Å². The van der Waals surface area contributed by atoms with Crippen LogP contribution in [0.2, 0.25) is 0 Å². The minimum Gasteiger partial charge on any atom is -0.462 e. The van der Waals surface area contributed by atoms with E-state index in [1.807, 2.05) is 0 Å². The second-order valence-electron chi connectivity index (χ2n) is 17.8. The fourth-order valence-corrected chi connectivity index (χ4v) is 7.80. The van der Waals surface area contributed by atoms with Gasteiger partial charge in [0.25, 0.3) is 0 Å². The first-order valence-corrected chi connectivity index (χ1v) is 26.2. The number of unbranched alkanes of at least 4 members (excludes halogenated alkanes) is 35. The third-order valence-corrected chi connectivity index (χ3v) is 11.8. The Morgan fingerprint density at radius 3 is 0.915 bits per heavy atom. The van der Waals surface area contributed by atoms with Gasteiger partial charge in [0.2, 0.25) is 0 Å².